The highest BCUT2D eigenvalue weighted by molar-refractivity contribution is 6.37. The highest BCUT2D eigenvalue weighted by Crippen LogP contribution is 2.35. The Kier molecular flexibility index (Phi) is 6.88. The van der Waals surface area contributed by atoms with Crippen LogP contribution in [0.2, 0.25) is 15.1 Å². The Labute approximate surface area is 204 Å². The zero-order chi connectivity index (χ0) is 23.5. The molecule has 0 bridgehead atoms. The van der Waals surface area contributed by atoms with Crippen molar-refractivity contribution in [2.24, 2.45) is 0 Å². The van der Waals surface area contributed by atoms with Gasteiger partial charge in [0.25, 0.3) is 5.91 Å². The first-order valence-corrected chi connectivity index (χ1v) is 10.9. The predicted octanol–water partition coefficient (Wildman–Crippen LogP) is 6.46. The summed E-state index contributed by atoms with van der Waals surface area (Å²) < 4.78 is 19.4. The van der Waals surface area contributed by atoms with E-state index in [0.717, 1.165) is 10.5 Å². The number of rotatable bonds is 6. The average molecular weight is 506 g/mol. The zero-order valence-corrected chi connectivity index (χ0v) is 19.2. The monoisotopic (exact) mass is 504 g/mol. The summed E-state index contributed by atoms with van der Waals surface area (Å²) >= 11 is 18.5. The van der Waals surface area contributed by atoms with Gasteiger partial charge >= 0.3 is 6.03 Å². The summed E-state index contributed by atoms with van der Waals surface area (Å²) in [4.78, 5) is 26.1. The topological polar surface area (TPSA) is 58.6 Å². The van der Waals surface area contributed by atoms with Crippen molar-refractivity contribution in [3.05, 3.63) is 104 Å². The van der Waals surface area contributed by atoms with Gasteiger partial charge in [0.2, 0.25) is 0 Å². The fraction of sp³-hybridized carbons (Fsp3) is 0.0833. The Balaban J connectivity index is 1.50. The summed E-state index contributed by atoms with van der Waals surface area (Å²) in [5, 5.41) is 3.48. The maximum absolute atomic E-state index is 13.8. The Bertz CT molecular complexity index is 1240. The van der Waals surface area contributed by atoms with Crippen LogP contribution >= 0.6 is 34.8 Å². The normalized spacial score (nSPS) is 14.7. The van der Waals surface area contributed by atoms with Crippen LogP contribution in [0.5, 0.6) is 5.75 Å². The van der Waals surface area contributed by atoms with Crippen LogP contribution in [0.15, 0.2) is 66.4 Å². The molecule has 168 valence electrons. The second-order valence-electron chi connectivity index (χ2n) is 7.20. The molecule has 0 radical (unpaired) electrons. The fourth-order valence-corrected chi connectivity index (χ4v) is 3.96. The van der Waals surface area contributed by atoms with E-state index in [1.165, 1.54) is 12.1 Å². The van der Waals surface area contributed by atoms with E-state index in [9.17, 15) is 14.0 Å². The Morgan fingerprint density at radius 1 is 0.970 bits per heavy atom. The number of urea groups is 1. The van der Waals surface area contributed by atoms with Crippen LogP contribution in [0.4, 0.5) is 9.18 Å². The van der Waals surface area contributed by atoms with Crippen molar-refractivity contribution in [2.45, 2.75) is 13.2 Å². The molecule has 9 heteroatoms. The molecule has 1 heterocycles. The second kappa shape index (κ2) is 9.83. The molecule has 0 saturated carbocycles. The van der Waals surface area contributed by atoms with E-state index in [4.69, 9.17) is 39.5 Å². The lowest BCUT2D eigenvalue weighted by molar-refractivity contribution is -0.123. The van der Waals surface area contributed by atoms with Gasteiger partial charge in [0.05, 0.1) is 16.6 Å². The first-order chi connectivity index (χ1) is 15.8. The fourth-order valence-electron chi connectivity index (χ4n) is 3.22. The second-order valence-corrected chi connectivity index (χ2v) is 8.45. The van der Waals surface area contributed by atoms with Crippen molar-refractivity contribution < 1.29 is 18.7 Å². The summed E-state index contributed by atoms with van der Waals surface area (Å²) in [6.07, 6.45) is 1.47. The number of ether oxygens (including phenoxy) is 1. The number of benzene rings is 3. The minimum Gasteiger partial charge on any atom is -0.486 e. The molecule has 0 spiro atoms. The number of hydrogen-bond donors (Lipinski definition) is 1. The van der Waals surface area contributed by atoms with Crippen molar-refractivity contribution in [3.8, 4) is 5.75 Å². The third kappa shape index (κ3) is 5.30. The highest BCUT2D eigenvalue weighted by atomic mass is 35.5. The van der Waals surface area contributed by atoms with Gasteiger partial charge in [-0.2, -0.15) is 0 Å². The van der Waals surface area contributed by atoms with Gasteiger partial charge in [0, 0.05) is 10.6 Å². The van der Waals surface area contributed by atoms with Crippen molar-refractivity contribution in [3.63, 3.8) is 0 Å². The summed E-state index contributed by atoms with van der Waals surface area (Å²) in [5.41, 5.74) is 1.68. The van der Waals surface area contributed by atoms with Crippen LogP contribution in [-0.4, -0.2) is 16.8 Å². The molecule has 0 unspecified atom stereocenters. The van der Waals surface area contributed by atoms with Crippen LogP contribution in [0.1, 0.15) is 16.7 Å². The molecule has 1 aliphatic rings. The smallest absolute Gasteiger partial charge is 0.329 e. The lowest BCUT2D eigenvalue weighted by Crippen LogP contribution is -2.30. The molecule has 3 amide bonds. The van der Waals surface area contributed by atoms with Gasteiger partial charge in [-0.25, -0.2) is 9.18 Å². The van der Waals surface area contributed by atoms with Gasteiger partial charge in [-0.1, -0.05) is 65.1 Å². The van der Waals surface area contributed by atoms with E-state index in [2.05, 4.69) is 5.32 Å². The van der Waals surface area contributed by atoms with E-state index in [1.807, 2.05) is 0 Å². The maximum atomic E-state index is 13.8. The SMILES string of the molecule is O=C1N/C(=C\c2cc(Cl)c(OCc3ccccc3F)c(Cl)c2)C(=O)N1Cc1ccc(Cl)cc1. The third-order valence-corrected chi connectivity index (χ3v) is 5.69. The van der Waals surface area contributed by atoms with Crippen LogP contribution < -0.4 is 10.1 Å². The first kappa shape index (κ1) is 23.1. The molecule has 1 saturated heterocycles. The standard InChI is InChI=1S/C24H16Cl3FN2O3/c25-17-7-5-14(6-8-17)12-30-23(31)21(29-24(30)32)11-15-9-18(26)22(19(27)10-15)33-13-16-3-1-2-4-20(16)28/h1-11H,12-13H2,(H,29,32)/b21-11-. The van der Waals surface area contributed by atoms with Crippen molar-refractivity contribution in [1.29, 1.82) is 0 Å². The first-order valence-electron chi connectivity index (χ1n) is 9.76. The molecule has 0 aromatic heterocycles. The van der Waals surface area contributed by atoms with Crippen molar-refractivity contribution >= 4 is 52.8 Å². The average Bonchev–Trinajstić information content (AvgIpc) is 3.03. The van der Waals surface area contributed by atoms with Gasteiger partial charge < -0.3 is 10.1 Å². The number of imide groups is 1. The lowest BCUT2D eigenvalue weighted by atomic mass is 10.1. The van der Waals surface area contributed by atoms with E-state index >= 15 is 0 Å². The van der Waals surface area contributed by atoms with Crippen LogP contribution in [0, 0.1) is 5.82 Å². The van der Waals surface area contributed by atoms with E-state index < -0.39 is 17.8 Å². The predicted molar refractivity (Wildman–Crippen MR) is 126 cm³/mol. The molecule has 33 heavy (non-hydrogen) atoms. The van der Waals surface area contributed by atoms with Crippen molar-refractivity contribution in [1.82, 2.24) is 10.2 Å². The van der Waals surface area contributed by atoms with Gasteiger partial charge in [-0.05, 0) is 47.5 Å². The summed E-state index contributed by atoms with van der Waals surface area (Å²) in [6.45, 7) is 0.0459. The molecule has 1 aliphatic heterocycles. The van der Waals surface area contributed by atoms with Crippen LogP contribution in [0.25, 0.3) is 6.08 Å². The maximum Gasteiger partial charge on any atom is 0.329 e. The number of carbonyl (C=O) groups is 2. The Morgan fingerprint density at radius 3 is 2.30 bits per heavy atom. The molecule has 0 atom stereocenters. The number of halogens is 4. The quantitative estimate of drug-likeness (QED) is 0.309. The van der Waals surface area contributed by atoms with Crippen LogP contribution in [0.3, 0.4) is 0 Å². The molecule has 3 aromatic rings. The number of nitrogens with one attached hydrogen (secondary N) is 1. The van der Waals surface area contributed by atoms with E-state index in [-0.39, 0.29) is 34.6 Å². The van der Waals surface area contributed by atoms with Gasteiger partial charge in [0.1, 0.15) is 18.1 Å². The minimum absolute atomic E-state index is 0.0548. The Morgan fingerprint density at radius 2 is 1.64 bits per heavy atom. The molecular weight excluding hydrogens is 490 g/mol. The molecule has 5 nitrogen and oxygen atoms in total. The van der Waals surface area contributed by atoms with Gasteiger partial charge in [0.15, 0.2) is 5.75 Å². The van der Waals surface area contributed by atoms with E-state index in [1.54, 1.807) is 54.6 Å². The number of carbonyl (C=O) groups excluding carboxylic acids is 2. The molecule has 1 N–H and O–H groups in total. The van der Waals surface area contributed by atoms with Gasteiger partial charge in [-0.15, -0.1) is 0 Å². The molecule has 0 aliphatic carbocycles. The number of amides is 3. The summed E-state index contributed by atoms with van der Waals surface area (Å²) in [6, 6.07) is 15.6. The molecule has 1 fully saturated rings. The zero-order valence-electron chi connectivity index (χ0n) is 16.9. The number of nitrogens with zero attached hydrogens (tertiary/aromatic N) is 1. The van der Waals surface area contributed by atoms with Crippen LogP contribution in [-0.2, 0) is 17.9 Å². The molecular formula is C24H16Cl3FN2O3. The van der Waals surface area contributed by atoms with Crippen molar-refractivity contribution in [2.75, 3.05) is 0 Å². The lowest BCUT2D eigenvalue weighted by Gasteiger charge is -2.12. The highest BCUT2D eigenvalue weighted by Gasteiger charge is 2.33. The largest absolute Gasteiger partial charge is 0.486 e. The van der Waals surface area contributed by atoms with Gasteiger partial charge in [-0.3, -0.25) is 9.69 Å². The molecule has 4 rings (SSSR count). The molecule has 3 aromatic carbocycles. The van der Waals surface area contributed by atoms with E-state index in [0.29, 0.717) is 16.1 Å². The minimum atomic E-state index is -0.539. The third-order valence-electron chi connectivity index (χ3n) is 4.88. The number of hydrogen-bond acceptors (Lipinski definition) is 3. The Hall–Kier alpha value is -3.06. The summed E-state index contributed by atoms with van der Waals surface area (Å²) in [7, 11) is 0. The summed E-state index contributed by atoms with van der Waals surface area (Å²) in [5.74, 6) is -0.693.